The van der Waals surface area contributed by atoms with E-state index in [9.17, 15) is 17.6 Å². The van der Waals surface area contributed by atoms with Crippen LogP contribution in [0.15, 0.2) is 0 Å². The first-order valence-corrected chi connectivity index (χ1v) is 4.26. The van der Waals surface area contributed by atoms with Gasteiger partial charge in [0.05, 0.1) is 6.54 Å². The molecule has 5 heteroatoms. The summed E-state index contributed by atoms with van der Waals surface area (Å²) in [6.45, 7) is 2.65. The van der Waals surface area contributed by atoms with Crippen molar-refractivity contribution in [2.24, 2.45) is 0 Å². The number of halogens is 4. The quantitative estimate of drug-likeness (QED) is 0.586. The number of nitrogens with zero attached hydrogens (tertiary/aromatic N) is 1. The predicted octanol–water partition coefficient (Wildman–Crippen LogP) is 2.37. The molecule has 1 aliphatic heterocycles. The van der Waals surface area contributed by atoms with Crippen LogP contribution in [0.4, 0.5) is 17.6 Å². The van der Waals surface area contributed by atoms with Crippen LogP contribution in [0, 0.1) is 0 Å². The van der Waals surface area contributed by atoms with Crippen molar-refractivity contribution in [2.75, 3.05) is 13.1 Å². The van der Waals surface area contributed by atoms with E-state index in [1.54, 1.807) is 13.8 Å². The predicted molar refractivity (Wildman–Crippen MR) is 41.2 cm³/mol. The molecule has 0 amide bonds. The molecule has 0 aromatic carbocycles. The van der Waals surface area contributed by atoms with Crippen molar-refractivity contribution in [1.82, 2.24) is 4.90 Å². The molecule has 0 bridgehead atoms. The van der Waals surface area contributed by atoms with Crippen LogP contribution in [0.3, 0.4) is 0 Å². The van der Waals surface area contributed by atoms with E-state index in [4.69, 9.17) is 0 Å². The van der Waals surface area contributed by atoms with Crippen LogP contribution in [0.2, 0.25) is 0 Å². The Labute approximate surface area is 74.7 Å². The van der Waals surface area contributed by atoms with Crippen molar-refractivity contribution in [3.8, 4) is 0 Å². The first-order chi connectivity index (χ1) is 5.76. The molecular formula is C8H13F4N. The second-order valence-corrected chi connectivity index (χ2v) is 3.72. The third-order valence-corrected chi connectivity index (χ3v) is 2.38. The van der Waals surface area contributed by atoms with Crippen LogP contribution >= 0.6 is 0 Å². The molecule has 1 nitrogen and oxygen atoms in total. The highest BCUT2D eigenvalue weighted by molar-refractivity contribution is 4.93. The average molecular weight is 199 g/mol. The second kappa shape index (κ2) is 3.12. The third kappa shape index (κ3) is 1.95. The molecule has 0 atom stereocenters. The molecule has 0 aliphatic carbocycles. The van der Waals surface area contributed by atoms with Crippen molar-refractivity contribution in [3.05, 3.63) is 0 Å². The lowest BCUT2D eigenvalue weighted by Crippen LogP contribution is -2.57. The van der Waals surface area contributed by atoms with E-state index in [2.05, 4.69) is 0 Å². The van der Waals surface area contributed by atoms with E-state index < -0.39 is 24.8 Å². The van der Waals surface area contributed by atoms with Gasteiger partial charge >= 0.3 is 11.8 Å². The van der Waals surface area contributed by atoms with E-state index in [0.717, 1.165) is 0 Å². The van der Waals surface area contributed by atoms with E-state index >= 15 is 0 Å². The Bertz CT molecular complexity index is 191. The fourth-order valence-corrected chi connectivity index (χ4v) is 1.36. The maximum Gasteiger partial charge on any atom is 0.322 e. The Morgan fingerprint density at radius 2 is 1.62 bits per heavy atom. The normalized spacial score (nSPS) is 27.9. The Hall–Kier alpha value is -0.320. The van der Waals surface area contributed by atoms with Crippen LogP contribution in [0.1, 0.15) is 20.3 Å². The molecule has 78 valence electrons. The minimum Gasteiger partial charge on any atom is -0.295 e. The lowest BCUT2D eigenvalue weighted by molar-refractivity contribution is -0.242. The Morgan fingerprint density at radius 1 is 1.08 bits per heavy atom. The van der Waals surface area contributed by atoms with Gasteiger partial charge in [-0.25, -0.2) is 0 Å². The molecule has 0 N–H and O–H groups in total. The molecule has 13 heavy (non-hydrogen) atoms. The summed E-state index contributed by atoms with van der Waals surface area (Å²) < 4.78 is 50.9. The largest absolute Gasteiger partial charge is 0.322 e. The van der Waals surface area contributed by atoms with Crippen LogP contribution in [0.5, 0.6) is 0 Å². The van der Waals surface area contributed by atoms with Gasteiger partial charge in [0.2, 0.25) is 0 Å². The zero-order chi connectivity index (χ0) is 10.3. The molecular weight excluding hydrogens is 186 g/mol. The Balaban J connectivity index is 2.71. The van der Waals surface area contributed by atoms with Crippen LogP contribution in [-0.2, 0) is 0 Å². The first kappa shape index (κ1) is 10.8. The number of alkyl halides is 4. The van der Waals surface area contributed by atoms with Crippen LogP contribution < -0.4 is 0 Å². The van der Waals surface area contributed by atoms with Gasteiger partial charge < -0.3 is 0 Å². The summed E-state index contributed by atoms with van der Waals surface area (Å²) in [5, 5.41) is 0. The van der Waals surface area contributed by atoms with Gasteiger partial charge in [0.1, 0.15) is 0 Å². The molecule has 0 radical (unpaired) electrons. The van der Waals surface area contributed by atoms with Crippen molar-refractivity contribution < 1.29 is 17.6 Å². The zero-order valence-corrected chi connectivity index (χ0v) is 7.66. The maximum absolute atomic E-state index is 12.8. The number of hydrogen-bond donors (Lipinski definition) is 0. The molecule has 1 fully saturated rings. The summed E-state index contributed by atoms with van der Waals surface area (Å²) in [5.74, 6) is -7.71. The molecule has 1 saturated heterocycles. The lowest BCUT2D eigenvalue weighted by Gasteiger charge is -2.39. The molecule has 0 aromatic rings. The average Bonchev–Trinajstić information content (AvgIpc) is 1.94. The lowest BCUT2D eigenvalue weighted by atomic mass is 10.0. The minimum atomic E-state index is -3.88. The number of piperidine rings is 1. The van der Waals surface area contributed by atoms with Gasteiger partial charge in [-0.2, -0.15) is 17.6 Å². The maximum atomic E-state index is 12.8. The monoisotopic (exact) mass is 199 g/mol. The second-order valence-electron chi connectivity index (χ2n) is 3.72. The summed E-state index contributed by atoms with van der Waals surface area (Å²) >= 11 is 0. The molecule has 0 saturated carbocycles. The van der Waals surface area contributed by atoms with Gasteiger partial charge in [-0.1, -0.05) is 0 Å². The highest BCUT2D eigenvalue weighted by Gasteiger charge is 2.59. The number of likely N-dealkylation sites (tertiary alicyclic amines) is 1. The summed E-state index contributed by atoms with van der Waals surface area (Å²) in [7, 11) is 0. The minimum absolute atomic E-state index is 0.0419. The van der Waals surface area contributed by atoms with Crippen molar-refractivity contribution in [2.45, 2.75) is 38.2 Å². The SMILES string of the molecule is CC(C)N1CCC(F)(F)C(F)(F)C1. The van der Waals surface area contributed by atoms with E-state index in [1.807, 2.05) is 0 Å². The fraction of sp³-hybridized carbons (Fsp3) is 1.00. The number of rotatable bonds is 1. The zero-order valence-electron chi connectivity index (χ0n) is 7.66. The smallest absolute Gasteiger partial charge is 0.295 e. The molecule has 1 rings (SSSR count). The summed E-state index contributed by atoms with van der Waals surface area (Å²) in [4.78, 5) is 1.37. The fourth-order valence-electron chi connectivity index (χ4n) is 1.36. The van der Waals surface area contributed by atoms with Gasteiger partial charge in [-0.15, -0.1) is 0 Å². The van der Waals surface area contributed by atoms with E-state index in [-0.39, 0.29) is 12.6 Å². The number of hydrogen-bond acceptors (Lipinski definition) is 1. The van der Waals surface area contributed by atoms with E-state index in [0.29, 0.717) is 0 Å². The standard InChI is InChI=1S/C8H13F4N/c1-6(2)13-4-3-7(9,10)8(11,12)5-13/h6H,3-5H2,1-2H3. The van der Waals surface area contributed by atoms with Crippen molar-refractivity contribution in [3.63, 3.8) is 0 Å². The third-order valence-electron chi connectivity index (χ3n) is 2.38. The molecule has 1 aliphatic rings. The van der Waals surface area contributed by atoms with Gasteiger partial charge in [0.15, 0.2) is 0 Å². The molecule has 0 unspecified atom stereocenters. The van der Waals surface area contributed by atoms with Crippen LogP contribution in [-0.4, -0.2) is 35.9 Å². The summed E-state index contributed by atoms with van der Waals surface area (Å²) in [6.07, 6.45) is -0.752. The Kier molecular flexibility index (Phi) is 2.58. The van der Waals surface area contributed by atoms with Crippen LogP contribution in [0.25, 0.3) is 0 Å². The van der Waals surface area contributed by atoms with Gasteiger partial charge in [0, 0.05) is 19.0 Å². The van der Waals surface area contributed by atoms with Crippen molar-refractivity contribution in [1.29, 1.82) is 0 Å². The van der Waals surface area contributed by atoms with Crippen molar-refractivity contribution >= 4 is 0 Å². The first-order valence-electron chi connectivity index (χ1n) is 4.26. The molecule has 0 aromatic heterocycles. The van der Waals surface area contributed by atoms with Gasteiger partial charge in [0.25, 0.3) is 0 Å². The highest BCUT2D eigenvalue weighted by atomic mass is 19.3. The molecule has 1 heterocycles. The summed E-state index contributed by atoms with van der Waals surface area (Å²) in [5.41, 5.74) is 0. The summed E-state index contributed by atoms with van der Waals surface area (Å²) in [6, 6.07) is -0.109. The highest BCUT2D eigenvalue weighted by Crippen LogP contribution is 2.41. The molecule has 0 spiro atoms. The topological polar surface area (TPSA) is 3.24 Å². The van der Waals surface area contributed by atoms with Gasteiger partial charge in [-0.05, 0) is 13.8 Å². The Morgan fingerprint density at radius 3 is 2.00 bits per heavy atom. The van der Waals surface area contributed by atoms with Gasteiger partial charge in [-0.3, -0.25) is 4.90 Å². The van der Waals surface area contributed by atoms with E-state index in [1.165, 1.54) is 4.90 Å².